The molecule has 1 fully saturated rings. The first-order chi connectivity index (χ1) is 5.86. The highest BCUT2D eigenvalue weighted by atomic mass is 32.1. The molecule has 3 heteroatoms. The highest BCUT2D eigenvalue weighted by Gasteiger charge is 2.21. The maximum atomic E-state index is 11.5. The SMILES string of the molecule is O=C(CC1CCC1)c1cscn1. The van der Waals surface area contributed by atoms with Crippen LogP contribution < -0.4 is 0 Å². The third-order valence-corrected chi connectivity index (χ3v) is 3.00. The molecule has 2 rings (SSSR count). The number of thiazole rings is 1. The van der Waals surface area contributed by atoms with Gasteiger partial charge in [0, 0.05) is 11.8 Å². The van der Waals surface area contributed by atoms with Crippen LogP contribution in [-0.4, -0.2) is 10.8 Å². The molecule has 64 valence electrons. The zero-order valence-electron chi connectivity index (χ0n) is 6.82. The van der Waals surface area contributed by atoms with Gasteiger partial charge in [-0.25, -0.2) is 4.98 Å². The second-order valence-electron chi connectivity index (χ2n) is 3.30. The van der Waals surface area contributed by atoms with Crippen molar-refractivity contribution in [3.8, 4) is 0 Å². The van der Waals surface area contributed by atoms with Crippen molar-refractivity contribution in [3.63, 3.8) is 0 Å². The minimum absolute atomic E-state index is 0.223. The Morgan fingerprint density at radius 2 is 2.50 bits per heavy atom. The minimum Gasteiger partial charge on any atom is -0.292 e. The van der Waals surface area contributed by atoms with E-state index in [0.717, 1.165) is 0 Å². The van der Waals surface area contributed by atoms with Crippen LogP contribution in [-0.2, 0) is 0 Å². The third-order valence-electron chi connectivity index (χ3n) is 2.42. The van der Waals surface area contributed by atoms with Crippen molar-refractivity contribution < 1.29 is 4.79 Å². The van der Waals surface area contributed by atoms with Crippen LogP contribution in [0.2, 0.25) is 0 Å². The fourth-order valence-electron chi connectivity index (χ4n) is 1.41. The molecule has 0 bridgehead atoms. The molecule has 0 spiro atoms. The largest absolute Gasteiger partial charge is 0.292 e. The van der Waals surface area contributed by atoms with E-state index in [9.17, 15) is 4.79 Å². The van der Waals surface area contributed by atoms with E-state index in [1.54, 1.807) is 5.51 Å². The number of hydrogen-bond acceptors (Lipinski definition) is 3. The molecule has 0 unspecified atom stereocenters. The summed E-state index contributed by atoms with van der Waals surface area (Å²) in [5, 5.41) is 1.83. The molecule has 1 saturated carbocycles. The maximum absolute atomic E-state index is 11.5. The monoisotopic (exact) mass is 181 g/mol. The number of rotatable bonds is 3. The average molecular weight is 181 g/mol. The van der Waals surface area contributed by atoms with Gasteiger partial charge in [-0.05, 0) is 5.92 Å². The number of carbonyl (C=O) groups excluding carboxylic acids is 1. The van der Waals surface area contributed by atoms with Gasteiger partial charge in [-0.1, -0.05) is 19.3 Å². The molecule has 1 aliphatic rings. The van der Waals surface area contributed by atoms with Crippen LogP contribution in [0.5, 0.6) is 0 Å². The van der Waals surface area contributed by atoms with Gasteiger partial charge < -0.3 is 0 Å². The average Bonchev–Trinajstić information content (AvgIpc) is 2.47. The standard InChI is InChI=1S/C9H11NOS/c11-9(4-7-2-1-3-7)8-5-12-6-10-8/h5-7H,1-4H2. The fourth-order valence-corrected chi connectivity index (χ4v) is 1.97. The summed E-state index contributed by atoms with van der Waals surface area (Å²) in [6.07, 6.45) is 4.48. The van der Waals surface area contributed by atoms with E-state index in [0.29, 0.717) is 18.0 Å². The van der Waals surface area contributed by atoms with Gasteiger partial charge >= 0.3 is 0 Å². The molecule has 1 heterocycles. The highest BCUT2D eigenvalue weighted by Crippen LogP contribution is 2.30. The quantitative estimate of drug-likeness (QED) is 0.671. The summed E-state index contributed by atoms with van der Waals surface area (Å²) >= 11 is 1.49. The lowest BCUT2D eigenvalue weighted by molar-refractivity contribution is 0.0932. The highest BCUT2D eigenvalue weighted by molar-refractivity contribution is 7.07. The van der Waals surface area contributed by atoms with Crippen LogP contribution in [0.3, 0.4) is 0 Å². The molecule has 1 aromatic heterocycles. The van der Waals surface area contributed by atoms with E-state index >= 15 is 0 Å². The van der Waals surface area contributed by atoms with E-state index in [2.05, 4.69) is 4.98 Å². The first-order valence-corrected chi connectivity index (χ1v) is 5.22. The summed E-state index contributed by atoms with van der Waals surface area (Å²) in [4.78, 5) is 15.4. The van der Waals surface area contributed by atoms with E-state index in [1.165, 1.54) is 30.6 Å². The molecule has 12 heavy (non-hydrogen) atoms. The molecular weight excluding hydrogens is 170 g/mol. The first kappa shape index (κ1) is 7.92. The molecule has 1 aromatic rings. The molecule has 2 nitrogen and oxygen atoms in total. The topological polar surface area (TPSA) is 30.0 Å². The van der Waals surface area contributed by atoms with Crippen molar-refractivity contribution >= 4 is 17.1 Å². The van der Waals surface area contributed by atoms with Crippen molar-refractivity contribution in [2.45, 2.75) is 25.7 Å². The summed E-state index contributed by atoms with van der Waals surface area (Å²) in [5.74, 6) is 0.875. The molecule has 0 aromatic carbocycles. The predicted octanol–water partition coefficient (Wildman–Crippen LogP) is 2.52. The van der Waals surface area contributed by atoms with Crippen LogP contribution >= 0.6 is 11.3 Å². The van der Waals surface area contributed by atoms with Crippen molar-refractivity contribution in [3.05, 3.63) is 16.6 Å². The zero-order chi connectivity index (χ0) is 8.39. The molecule has 0 atom stereocenters. The number of carbonyl (C=O) groups is 1. The number of aromatic nitrogens is 1. The van der Waals surface area contributed by atoms with Gasteiger partial charge in [-0.2, -0.15) is 0 Å². The van der Waals surface area contributed by atoms with Crippen LogP contribution in [0, 0.1) is 5.92 Å². The van der Waals surface area contributed by atoms with Crippen LogP contribution in [0.4, 0.5) is 0 Å². The Morgan fingerprint density at radius 1 is 1.67 bits per heavy atom. The van der Waals surface area contributed by atoms with Gasteiger partial charge in [0.2, 0.25) is 0 Å². The molecule has 0 aliphatic heterocycles. The van der Waals surface area contributed by atoms with Crippen molar-refractivity contribution in [2.75, 3.05) is 0 Å². The van der Waals surface area contributed by atoms with Crippen LogP contribution in [0.15, 0.2) is 10.9 Å². The van der Waals surface area contributed by atoms with E-state index in [4.69, 9.17) is 0 Å². The summed E-state index contributed by atoms with van der Waals surface area (Å²) < 4.78 is 0. The summed E-state index contributed by atoms with van der Waals surface area (Å²) in [6, 6.07) is 0. The van der Waals surface area contributed by atoms with Crippen molar-refractivity contribution in [1.82, 2.24) is 4.98 Å². The number of hydrogen-bond donors (Lipinski definition) is 0. The number of nitrogens with zero attached hydrogens (tertiary/aromatic N) is 1. The zero-order valence-corrected chi connectivity index (χ0v) is 7.64. The Morgan fingerprint density at radius 3 is 3.00 bits per heavy atom. The Labute approximate surface area is 75.6 Å². The summed E-state index contributed by atoms with van der Waals surface area (Å²) in [6.45, 7) is 0. The smallest absolute Gasteiger partial charge is 0.182 e. The molecule has 0 amide bonds. The summed E-state index contributed by atoms with van der Waals surface area (Å²) in [5.41, 5.74) is 2.38. The normalized spacial score (nSPS) is 17.3. The van der Waals surface area contributed by atoms with Gasteiger partial charge in [0.15, 0.2) is 5.78 Å². The lowest BCUT2D eigenvalue weighted by atomic mass is 9.81. The maximum Gasteiger partial charge on any atom is 0.182 e. The van der Waals surface area contributed by atoms with Gasteiger partial charge in [-0.15, -0.1) is 11.3 Å². The van der Waals surface area contributed by atoms with Gasteiger partial charge in [0.25, 0.3) is 0 Å². The Balaban J connectivity index is 1.92. The second kappa shape index (κ2) is 3.35. The Hall–Kier alpha value is -0.700. The first-order valence-electron chi connectivity index (χ1n) is 4.27. The van der Waals surface area contributed by atoms with Gasteiger partial charge in [0.05, 0.1) is 5.51 Å². The molecule has 0 radical (unpaired) electrons. The fraction of sp³-hybridized carbons (Fsp3) is 0.556. The van der Waals surface area contributed by atoms with E-state index < -0.39 is 0 Å². The second-order valence-corrected chi connectivity index (χ2v) is 4.02. The van der Waals surface area contributed by atoms with E-state index in [-0.39, 0.29) is 5.78 Å². The van der Waals surface area contributed by atoms with Crippen LogP contribution in [0.1, 0.15) is 36.2 Å². The van der Waals surface area contributed by atoms with E-state index in [1.807, 2.05) is 5.38 Å². The Bertz CT molecular complexity index is 264. The van der Waals surface area contributed by atoms with Crippen LogP contribution in [0.25, 0.3) is 0 Å². The third kappa shape index (κ3) is 1.55. The molecule has 1 aliphatic carbocycles. The predicted molar refractivity (Wildman–Crippen MR) is 48.4 cm³/mol. The molecule has 0 saturated heterocycles. The number of Topliss-reactive ketones (excluding diaryl/α,β-unsaturated/α-hetero) is 1. The molecule has 0 N–H and O–H groups in total. The van der Waals surface area contributed by atoms with Gasteiger partial charge in [0.1, 0.15) is 5.69 Å². The lowest BCUT2D eigenvalue weighted by Gasteiger charge is -2.23. The summed E-state index contributed by atoms with van der Waals surface area (Å²) in [7, 11) is 0. The van der Waals surface area contributed by atoms with Crippen molar-refractivity contribution in [1.29, 1.82) is 0 Å². The number of ketones is 1. The van der Waals surface area contributed by atoms with Gasteiger partial charge in [-0.3, -0.25) is 4.79 Å². The molecular formula is C9H11NOS. The Kier molecular flexibility index (Phi) is 2.21. The van der Waals surface area contributed by atoms with Crippen molar-refractivity contribution in [2.24, 2.45) is 5.92 Å². The minimum atomic E-state index is 0.223. The lowest BCUT2D eigenvalue weighted by Crippen LogP contribution is -2.16.